The van der Waals surface area contributed by atoms with Crippen LogP contribution in [0.5, 0.6) is 0 Å². The first-order chi connectivity index (χ1) is 8.99. The van der Waals surface area contributed by atoms with E-state index in [0.29, 0.717) is 5.92 Å². The van der Waals surface area contributed by atoms with Crippen LogP contribution < -0.4 is 10.2 Å². The number of aryl methyl sites for hydroxylation is 1. The van der Waals surface area contributed by atoms with Gasteiger partial charge in [-0.2, -0.15) is 0 Å². The molecule has 1 aromatic heterocycles. The molecule has 0 saturated heterocycles. The summed E-state index contributed by atoms with van der Waals surface area (Å²) in [7, 11) is 2.11. The number of aromatic nitrogens is 2. The normalized spacial score (nSPS) is 10.9. The van der Waals surface area contributed by atoms with Gasteiger partial charge in [0.25, 0.3) is 0 Å². The molecule has 1 aromatic rings. The standard InChI is InChI=1S/C15H28N4/c1-7-9-13-17-14(16-8-2)12(5)15(18-13)19(6)10-11(3)4/h11H,7-10H2,1-6H3,(H,16,17,18). The summed E-state index contributed by atoms with van der Waals surface area (Å²) >= 11 is 0. The van der Waals surface area contributed by atoms with E-state index in [0.717, 1.165) is 49.0 Å². The van der Waals surface area contributed by atoms with Gasteiger partial charge in [0.15, 0.2) is 0 Å². The summed E-state index contributed by atoms with van der Waals surface area (Å²) in [5.74, 6) is 3.60. The Labute approximate surface area is 117 Å². The van der Waals surface area contributed by atoms with Crippen LogP contribution in [0.3, 0.4) is 0 Å². The molecule has 4 heteroatoms. The molecule has 0 atom stereocenters. The van der Waals surface area contributed by atoms with Crippen LogP contribution in [0.25, 0.3) is 0 Å². The Morgan fingerprint density at radius 1 is 1.21 bits per heavy atom. The van der Waals surface area contributed by atoms with Crippen molar-refractivity contribution in [3.63, 3.8) is 0 Å². The molecule has 0 aromatic carbocycles. The molecule has 1 N–H and O–H groups in total. The third-order valence-electron chi connectivity index (χ3n) is 2.98. The maximum Gasteiger partial charge on any atom is 0.137 e. The highest BCUT2D eigenvalue weighted by Crippen LogP contribution is 2.23. The van der Waals surface area contributed by atoms with Crippen LogP contribution in [0.4, 0.5) is 11.6 Å². The van der Waals surface area contributed by atoms with E-state index >= 15 is 0 Å². The summed E-state index contributed by atoms with van der Waals surface area (Å²) < 4.78 is 0. The molecule has 0 fully saturated rings. The minimum absolute atomic E-state index is 0.622. The number of hydrogen-bond donors (Lipinski definition) is 1. The summed E-state index contributed by atoms with van der Waals surface area (Å²) in [6, 6.07) is 0. The second-order valence-corrected chi connectivity index (χ2v) is 5.49. The minimum atomic E-state index is 0.622. The van der Waals surface area contributed by atoms with Crippen molar-refractivity contribution in [3.8, 4) is 0 Å². The molecule has 0 bridgehead atoms. The van der Waals surface area contributed by atoms with E-state index in [1.807, 2.05) is 0 Å². The first kappa shape index (κ1) is 15.7. The first-order valence-corrected chi connectivity index (χ1v) is 7.32. The van der Waals surface area contributed by atoms with Crippen molar-refractivity contribution < 1.29 is 0 Å². The van der Waals surface area contributed by atoms with Gasteiger partial charge in [-0.25, -0.2) is 9.97 Å². The van der Waals surface area contributed by atoms with Crippen molar-refractivity contribution in [2.75, 3.05) is 30.4 Å². The third kappa shape index (κ3) is 4.37. The lowest BCUT2D eigenvalue weighted by atomic mass is 10.2. The van der Waals surface area contributed by atoms with E-state index in [-0.39, 0.29) is 0 Å². The van der Waals surface area contributed by atoms with Gasteiger partial charge in [0, 0.05) is 32.1 Å². The molecule has 0 unspecified atom stereocenters. The Kier molecular flexibility index (Phi) is 6.06. The fourth-order valence-electron chi connectivity index (χ4n) is 2.23. The van der Waals surface area contributed by atoms with E-state index in [1.54, 1.807) is 0 Å². The zero-order valence-electron chi connectivity index (χ0n) is 13.2. The third-order valence-corrected chi connectivity index (χ3v) is 2.98. The zero-order chi connectivity index (χ0) is 14.4. The lowest BCUT2D eigenvalue weighted by Gasteiger charge is -2.24. The SMILES string of the molecule is CCCc1nc(NCC)c(C)c(N(C)CC(C)C)n1. The Morgan fingerprint density at radius 2 is 1.89 bits per heavy atom. The molecule has 1 heterocycles. The molecule has 0 radical (unpaired) electrons. The predicted molar refractivity (Wildman–Crippen MR) is 83.0 cm³/mol. The van der Waals surface area contributed by atoms with Gasteiger partial charge in [0.05, 0.1) is 0 Å². The molecule has 0 spiro atoms. The largest absolute Gasteiger partial charge is 0.370 e. The second-order valence-electron chi connectivity index (χ2n) is 5.49. The van der Waals surface area contributed by atoms with Crippen LogP contribution in [0.2, 0.25) is 0 Å². The topological polar surface area (TPSA) is 41.1 Å². The Bertz CT molecular complexity index is 401. The lowest BCUT2D eigenvalue weighted by molar-refractivity contribution is 0.631. The Balaban J connectivity index is 3.12. The molecule has 0 aliphatic rings. The van der Waals surface area contributed by atoms with Gasteiger partial charge in [-0.1, -0.05) is 20.8 Å². The minimum Gasteiger partial charge on any atom is -0.370 e. The highest BCUT2D eigenvalue weighted by atomic mass is 15.2. The van der Waals surface area contributed by atoms with Crippen molar-refractivity contribution in [1.29, 1.82) is 0 Å². The Hall–Kier alpha value is -1.32. The molecule has 0 aliphatic carbocycles. The highest BCUT2D eigenvalue weighted by molar-refractivity contribution is 5.58. The molecule has 0 saturated carbocycles. The van der Waals surface area contributed by atoms with Crippen LogP contribution in [-0.2, 0) is 6.42 Å². The lowest BCUT2D eigenvalue weighted by Crippen LogP contribution is -2.25. The van der Waals surface area contributed by atoms with Crippen molar-refractivity contribution in [3.05, 3.63) is 11.4 Å². The highest BCUT2D eigenvalue weighted by Gasteiger charge is 2.14. The van der Waals surface area contributed by atoms with Gasteiger partial charge >= 0.3 is 0 Å². The van der Waals surface area contributed by atoms with Crippen LogP contribution in [0.1, 0.15) is 45.5 Å². The molecular formula is C15H28N4. The number of rotatable bonds is 7. The van der Waals surface area contributed by atoms with E-state index < -0.39 is 0 Å². The van der Waals surface area contributed by atoms with E-state index in [9.17, 15) is 0 Å². The fraction of sp³-hybridized carbons (Fsp3) is 0.733. The van der Waals surface area contributed by atoms with Crippen molar-refractivity contribution in [2.45, 2.75) is 47.5 Å². The number of nitrogens with one attached hydrogen (secondary N) is 1. The summed E-state index contributed by atoms with van der Waals surface area (Å²) in [4.78, 5) is 11.6. The monoisotopic (exact) mass is 264 g/mol. The average molecular weight is 264 g/mol. The second kappa shape index (κ2) is 7.31. The fourth-order valence-corrected chi connectivity index (χ4v) is 2.23. The number of hydrogen-bond acceptors (Lipinski definition) is 4. The van der Waals surface area contributed by atoms with Gasteiger partial charge in [0.2, 0.25) is 0 Å². The van der Waals surface area contributed by atoms with Gasteiger partial charge in [-0.3, -0.25) is 0 Å². The zero-order valence-corrected chi connectivity index (χ0v) is 13.2. The molecular weight excluding hydrogens is 236 g/mol. The smallest absolute Gasteiger partial charge is 0.137 e. The Morgan fingerprint density at radius 3 is 2.42 bits per heavy atom. The van der Waals surface area contributed by atoms with Crippen LogP contribution >= 0.6 is 0 Å². The molecule has 19 heavy (non-hydrogen) atoms. The summed E-state index contributed by atoms with van der Waals surface area (Å²) in [5.41, 5.74) is 1.14. The van der Waals surface area contributed by atoms with E-state index in [1.165, 1.54) is 0 Å². The van der Waals surface area contributed by atoms with Gasteiger partial charge in [0.1, 0.15) is 17.5 Å². The van der Waals surface area contributed by atoms with Crippen LogP contribution in [0.15, 0.2) is 0 Å². The van der Waals surface area contributed by atoms with E-state index in [2.05, 4.69) is 56.9 Å². The molecule has 1 rings (SSSR count). The van der Waals surface area contributed by atoms with Gasteiger partial charge in [-0.15, -0.1) is 0 Å². The van der Waals surface area contributed by atoms with Gasteiger partial charge in [-0.05, 0) is 26.2 Å². The molecule has 4 nitrogen and oxygen atoms in total. The van der Waals surface area contributed by atoms with Crippen molar-refractivity contribution in [2.24, 2.45) is 5.92 Å². The summed E-state index contributed by atoms with van der Waals surface area (Å²) in [5, 5.41) is 3.35. The average Bonchev–Trinajstić information content (AvgIpc) is 2.32. The van der Waals surface area contributed by atoms with Gasteiger partial charge < -0.3 is 10.2 Å². The number of anilines is 2. The summed E-state index contributed by atoms with van der Waals surface area (Å²) in [6.45, 7) is 12.7. The van der Waals surface area contributed by atoms with Crippen molar-refractivity contribution >= 4 is 11.6 Å². The quantitative estimate of drug-likeness (QED) is 0.820. The van der Waals surface area contributed by atoms with Crippen LogP contribution in [0, 0.1) is 12.8 Å². The van der Waals surface area contributed by atoms with Crippen LogP contribution in [-0.4, -0.2) is 30.1 Å². The number of nitrogens with zero attached hydrogens (tertiary/aromatic N) is 3. The molecule has 0 amide bonds. The maximum atomic E-state index is 4.73. The van der Waals surface area contributed by atoms with E-state index in [4.69, 9.17) is 4.98 Å². The molecule has 108 valence electrons. The summed E-state index contributed by atoms with van der Waals surface area (Å²) in [6.07, 6.45) is 2.00. The molecule has 0 aliphatic heterocycles. The first-order valence-electron chi connectivity index (χ1n) is 7.32. The predicted octanol–water partition coefficient (Wildman–Crippen LogP) is 3.26. The van der Waals surface area contributed by atoms with Crippen molar-refractivity contribution in [1.82, 2.24) is 9.97 Å². The maximum absolute atomic E-state index is 4.73.